The summed E-state index contributed by atoms with van der Waals surface area (Å²) >= 11 is 0. The number of aliphatic hydroxyl groups is 1. The Hall–Kier alpha value is -1.42. The van der Waals surface area contributed by atoms with Gasteiger partial charge in [0.15, 0.2) is 0 Å². The zero-order valence-electron chi connectivity index (χ0n) is 11.4. The second-order valence-electron chi connectivity index (χ2n) is 5.73. The van der Waals surface area contributed by atoms with Crippen molar-refractivity contribution < 1.29 is 9.90 Å². The molecule has 0 radical (unpaired) electrons. The van der Waals surface area contributed by atoms with Crippen molar-refractivity contribution in [2.75, 3.05) is 6.61 Å². The maximum atomic E-state index is 12.1. The molecular formula is C15H22N2O2. The minimum atomic E-state index is -0.420. The Bertz CT molecular complexity index is 421. The van der Waals surface area contributed by atoms with Crippen molar-refractivity contribution in [3.63, 3.8) is 0 Å². The molecule has 0 spiro atoms. The number of nitrogens with zero attached hydrogens (tertiary/aromatic N) is 1. The summed E-state index contributed by atoms with van der Waals surface area (Å²) in [5.41, 5.74) is 0.480. The molecule has 2 unspecified atom stereocenters. The highest BCUT2D eigenvalue weighted by Gasteiger charge is 2.35. The van der Waals surface area contributed by atoms with Gasteiger partial charge in [-0.15, -0.1) is 0 Å². The van der Waals surface area contributed by atoms with Gasteiger partial charge in [-0.25, -0.2) is 0 Å². The molecule has 2 rings (SSSR count). The van der Waals surface area contributed by atoms with E-state index < -0.39 is 5.54 Å². The van der Waals surface area contributed by atoms with Crippen molar-refractivity contribution in [1.82, 2.24) is 10.3 Å². The SMILES string of the molecule is CC1CCCC(CO)(NC(=O)Cc2cccnc2)C1. The second-order valence-corrected chi connectivity index (χ2v) is 5.73. The van der Waals surface area contributed by atoms with Crippen molar-refractivity contribution >= 4 is 5.91 Å². The van der Waals surface area contributed by atoms with E-state index in [1.54, 1.807) is 12.4 Å². The Kier molecular flexibility index (Phi) is 4.53. The molecule has 4 heteroatoms. The van der Waals surface area contributed by atoms with E-state index in [-0.39, 0.29) is 12.5 Å². The van der Waals surface area contributed by atoms with Crippen LogP contribution in [0.1, 0.15) is 38.2 Å². The lowest BCUT2D eigenvalue weighted by molar-refractivity contribution is -0.123. The van der Waals surface area contributed by atoms with E-state index in [2.05, 4.69) is 17.2 Å². The Balaban J connectivity index is 1.96. The molecule has 0 saturated heterocycles. The summed E-state index contributed by atoms with van der Waals surface area (Å²) in [4.78, 5) is 16.1. The van der Waals surface area contributed by atoms with E-state index in [0.717, 1.165) is 24.8 Å². The first kappa shape index (κ1) is 14.0. The van der Waals surface area contributed by atoms with Crippen LogP contribution < -0.4 is 5.32 Å². The summed E-state index contributed by atoms with van der Waals surface area (Å²) in [6.45, 7) is 2.20. The van der Waals surface area contributed by atoms with Crippen LogP contribution in [-0.2, 0) is 11.2 Å². The van der Waals surface area contributed by atoms with Gasteiger partial charge in [0.05, 0.1) is 18.6 Å². The largest absolute Gasteiger partial charge is 0.394 e. The number of carbonyl (C=O) groups is 1. The molecule has 1 fully saturated rings. The van der Waals surface area contributed by atoms with Gasteiger partial charge in [0.2, 0.25) is 5.91 Å². The third-order valence-electron chi connectivity index (χ3n) is 3.89. The van der Waals surface area contributed by atoms with Gasteiger partial charge in [-0.05, 0) is 30.4 Å². The van der Waals surface area contributed by atoms with Gasteiger partial charge in [0, 0.05) is 12.4 Å². The van der Waals surface area contributed by atoms with Crippen LogP contribution in [0.15, 0.2) is 24.5 Å². The molecule has 0 aliphatic heterocycles. The van der Waals surface area contributed by atoms with Crippen molar-refractivity contribution in [2.45, 2.75) is 44.6 Å². The predicted octanol–water partition coefficient (Wildman–Crippen LogP) is 1.68. The van der Waals surface area contributed by atoms with Crippen molar-refractivity contribution in [1.29, 1.82) is 0 Å². The summed E-state index contributed by atoms with van der Waals surface area (Å²) in [7, 11) is 0. The molecule has 0 bridgehead atoms. The lowest BCUT2D eigenvalue weighted by Crippen LogP contribution is -2.54. The first-order valence-electron chi connectivity index (χ1n) is 6.94. The van der Waals surface area contributed by atoms with Crippen molar-refractivity contribution in [2.24, 2.45) is 5.92 Å². The summed E-state index contributed by atoms with van der Waals surface area (Å²) in [6.07, 6.45) is 7.70. The van der Waals surface area contributed by atoms with Crippen LogP contribution in [0.2, 0.25) is 0 Å². The Labute approximate surface area is 114 Å². The van der Waals surface area contributed by atoms with Crippen molar-refractivity contribution in [3.8, 4) is 0 Å². The highest BCUT2D eigenvalue weighted by atomic mass is 16.3. The van der Waals surface area contributed by atoms with Crippen LogP contribution in [0.5, 0.6) is 0 Å². The highest BCUT2D eigenvalue weighted by Crippen LogP contribution is 2.31. The number of nitrogens with one attached hydrogen (secondary N) is 1. The van der Waals surface area contributed by atoms with Crippen LogP contribution in [0, 0.1) is 5.92 Å². The number of aliphatic hydroxyl groups excluding tert-OH is 1. The maximum Gasteiger partial charge on any atom is 0.224 e. The van der Waals surface area contributed by atoms with E-state index in [4.69, 9.17) is 0 Å². The Morgan fingerprint density at radius 2 is 2.47 bits per heavy atom. The number of hydrogen-bond donors (Lipinski definition) is 2. The average molecular weight is 262 g/mol. The van der Waals surface area contributed by atoms with Gasteiger partial charge in [-0.1, -0.05) is 25.8 Å². The topological polar surface area (TPSA) is 62.2 Å². The van der Waals surface area contributed by atoms with Gasteiger partial charge in [0.1, 0.15) is 0 Å². The standard InChI is InChI=1S/C15H22N2O2/c1-12-4-2-6-15(9-12,11-18)17-14(19)8-13-5-3-7-16-10-13/h3,5,7,10,12,18H,2,4,6,8-9,11H2,1H3,(H,17,19). The summed E-state index contributed by atoms with van der Waals surface area (Å²) in [6, 6.07) is 3.72. The van der Waals surface area contributed by atoms with Gasteiger partial charge in [-0.3, -0.25) is 9.78 Å². The lowest BCUT2D eigenvalue weighted by Gasteiger charge is -2.39. The highest BCUT2D eigenvalue weighted by molar-refractivity contribution is 5.79. The Morgan fingerprint density at radius 1 is 1.63 bits per heavy atom. The predicted molar refractivity (Wildman–Crippen MR) is 73.5 cm³/mol. The number of hydrogen-bond acceptors (Lipinski definition) is 3. The van der Waals surface area contributed by atoms with E-state index in [1.807, 2.05) is 12.1 Å². The third-order valence-corrected chi connectivity index (χ3v) is 3.89. The fourth-order valence-electron chi connectivity index (χ4n) is 2.98. The average Bonchev–Trinajstić information content (AvgIpc) is 2.39. The number of rotatable bonds is 4. The fourth-order valence-corrected chi connectivity index (χ4v) is 2.98. The third kappa shape index (κ3) is 3.77. The zero-order valence-corrected chi connectivity index (χ0v) is 11.4. The van der Waals surface area contributed by atoms with Crippen LogP contribution in [-0.4, -0.2) is 28.1 Å². The summed E-state index contributed by atoms with van der Waals surface area (Å²) in [5, 5.41) is 12.7. The fraction of sp³-hybridized carbons (Fsp3) is 0.600. The molecular weight excluding hydrogens is 240 g/mol. The molecule has 1 aromatic rings. The lowest BCUT2D eigenvalue weighted by atomic mass is 9.76. The summed E-state index contributed by atoms with van der Waals surface area (Å²) in [5.74, 6) is 0.524. The van der Waals surface area contributed by atoms with Gasteiger partial charge in [0.25, 0.3) is 0 Å². The van der Waals surface area contributed by atoms with Crippen molar-refractivity contribution in [3.05, 3.63) is 30.1 Å². The molecule has 1 saturated carbocycles. The first-order valence-corrected chi connectivity index (χ1v) is 6.94. The molecule has 4 nitrogen and oxygen atoms in total. The van der Waals surface area contributed by atoms with Crippen LogP contribution in [0.4, 0.5) is 0 Å². The summed E-state index contributed by atoms with van der Waals surface area (Å²) < 4.78 is 0. The van der Waals surface area contributed by atoms with Crippen LogP contribution in [0.25, 0.3) is 0 Å². The van der Waals surface area contributed by atoms with E-state index in [0.29, 0.717) is 12.3 Å². The van der Waals surface area contributed by atoms with Crippen LogP contribution >= 0.6 is 0 Å². The van der Waals surface area contributed by atoms with Gasteiger partial charge in [-0.2, -0.15) is 0 Å². The smallest absolute Gasteiger partial charge is 0.224 e. The Morgan fingerprint density at radius 3 is 3.11 bits per heavy atom. The number of amides is 1. The first-order chi connectivity index (χ1) is 9.13. The minimum Gasteiger partial charge on any atom is -0.394 e. The molecule has 1 aromatic heterocycles. The zero-order chi connectivity index (χ0) is 13.7. The minimum absolute atomic E-state index is 0.0239. The molecule has 1 aliphatic carbocycles. The van der Waals surface area contributed by atoms with Gasteiger partial charge < -0.3 is 10.4 Å². The second kappa shape index (κ2) is 6.15. The van der Waals surface area contributed by atoms with Crippen LogP contribution in [0.3, 0.4) is 0 Å². The molecule has 104 valence electrons. The molecule has 2 atom stereocenters. The molecule has 1 amide bonds. The molecule has 19 heavy (non-hydrogen) atoms. The maximum absolute atomic E-state index is 12.1. The van der Waals surface area contributed by atoms with E-state index >= 15 is 0 Å². The monoisotopic (exact) mass is 262 g/mol. The van der Waals surface area contributed by atoms with E-state index in [9.17, 15) is 9.90 Å². The number of pyridine rings is 1. The number of carbonyl (C=O) groups excluding carboxylic acids is 1. The quantitative estimate of drug-likeness (QED) is 0.868. The molecule has 1 heterocycles. The normalized spacial score (nSPS) is 26.9. The van der Waals surface area contributed by atoms with Gasteiger partial charge >= 0.3 is 0 Å². The molecule has 2 N–H and O–H groups in total. The number of aromatic nitrogens is 1. The van der Waals surface area contributed by atoms with E-state index in [1.165, 1.54) is 6.42 Å². The molecule has 0 aromatic carbocycles. The molecule has 1 aliphatic rings.